The Morgan fingerprint density at radius 1 is 1.05 bits per heavy atom. The van der Waals surface area contributed by atoms with Gasteiger partial charge in [0.05, 0.1) is 0 Å². The average Bonchev–Trinajstić information content (AvgIpc) is 2.44. The van der Waals surface area contributed by atoms with E-state index >= 15 is 0 Å². The van der Waals surface area contributed by atoms with Crippen molar-refractivity contribution in [2.75, 3.05) is 29.6 Å². The fraction of sp³-hybridized carbons (Fsp3) is 0.188. The summed E-state index contributed by atoms with van der Waals surface area (Å²) in [5, 5.41) is 6.52. The van der Waals surface area contributed by atoms with Crippen molar-refractivity contribution >= 4 is 34.4 Å². The van der Waals surface area contributed by atoms with E-state index in [4.69, 9.17) is 12.2 Å². The minimum Gasteiger partial charge on any atom is -0.378 e. The van der Waals surface area contributed by atoms with E-state index in [9.17, 15) is 4.39 Å². The molecule has 2 aromatic carbocycles. The number of rotatable bonds is 3. The highest BCUT2D eigenvalue weighted by Gasteiger charge is 2.05. The molecule has 0 aromatic heterocycles. The smallest absolute Gasteiger partial charge is 0.175 e. The van der Waals surface area contributed by atoms with Gasteiger partial charge >= 0.3 is 0 Å². The zero-order valence-electron chi connectivity index (χ0n) is 12.3. The summed E-state index contributed by atoms with van der Waals surface area (Å²) in [5.74, 6) is -0.252. The maximum Gasteiger partial charge on any atom is 0.175 e. The fourth-order valence-corrected chi connectivity index (χ4v) is 2.10. The summed E-state index contributed by atoms with van der Waals surface area (Å²) in [6.07, 6.45) is 0. The molecule has 0 unspecified atom stereocenters. The van der Waals surface area contributed by atoms with Crippen LogP contribution in [-0.4, -0.2) is 19.2 Å². The van der Waals surface area contributed by atoms with Gasteiger partial charge in [-0.15, -0.1) is 0 Å². The topological polar surface area (TPSA) is 27.3 Å². The standard InChI is InChI=1S/C16H18FN3S/c1-11-14(17)5-4-6-15(11)19-16(21)18-12-7-9-13(10-8-12)20(2)3/h4-10H,1-3H3,(H2,18,19,21). The quantitative estimate of drug-likeness (QED) is 0.838. The lowest BCUT2D eigenvalue weighted by Gasteiger charge is -2.15. The molecule has 0 radical (unpaired) electrons. The molecule has 0 aliphatic carbocycles. The number of halogens is 1. The lowest BCUT2D eigenvalue weighted by atomic mass is 10.2. The summed E-state index contributed by atoms with van der Waals surface area (Å²) in [7, 11) is 3.97. The molecule has 2 rings (SSSR count). The van der Waals surface area contributed by atoms with Crippen LogP contribution in [-0.2, 0) is 0 Å². The van der Waals surface area contributed by atoms with Crippen molar-refractivity contribution in [1.29, 1.82) is 0 Å². The third kappa shape index (κ3) is 3.92. The highest BCUT2D eigenvalue weighted by molar-refractivity contribution is 7.80. The lowest BCUT2D eigenvalue weighted by Crippen LogP contribution is -2.20. The number of anilines is 3. The first-order valence-corrected chi connectivity index (χ1v) is 6.98. The molecular weight excluding hydrogens is 285 g/mol. The number of nitrogens with one attached hydrogen (secondary N) is 2. The van der Waals surface area contributed by atoms with Crippen LogP contribution in [0, 0.1) is 12.7 Å². The van der Waals surface area contributed by atoms with Crippen molar-refractivity contribution in [1.82, 2.24) is 0 Å². The van der Waals surface area contributed by atoms with Gasteiger partial charge in [0.15, 0.2) is 5.11 Å². The van der Waals surface area contributed by atoms with Crippen molar-refractivity contribution in [3.63, 3.8) is 0 Å². The van der Waals surface area contributed by atoms with Crippen molar-refractivity contribution in [3.8, 4) is 0 Å². The zero-order chi connectivity index (χ0) is 15.4. The molecule has 0 heterocycles. The summed E-state index contributed by atoms with van der Waals surface area (Å²) >= 11 is 5.25. The number of nitrogens with zero attached hydrogens (tertiary/aromatic N) is 1. The predicted molar refractivity (Wildman–Crippen MR) is 91.7 cm³/mol. The van der Waals surface area contributed by atoms with Crippen molar-refractivity contribution in [2.45, 2.75) is 6.92 Å². The Kier molecular flexibility index (Phi) is 4.75. The second kappa shape index (κ2) is 6.54. The molecule has 0 saturated heterocycles. The van der Waals surface area contributed by atoms with Crippen LogP contribution in [0.3, 0.4) is 0 Å². The van der Waals surface area contributed by atoms with Crippen LogP contribution in [0.25, 0.3) is 0 Å². The molecule has 0 amide bonds. The molecule has 0 aliphatic heterocycles. The number of hydrogen-bond acceptors (Lipinski definition) is 2. The molecule has 5 heteroatoms. The Morgan fingerprint density at radius 3 is 2.33 bits per heavy atom. The SMILES string of the molecule is Cc1c(F)cccc1NC(=S)Nc1ccc(N(C)C)cc1. The van der Waals surface area contributed by atoms with Crippen LogP contribution in [0.4, 0.5) is 21.5 Å². The van der Waals surface area contributed by atoms with E-state index in [0.29, 0.717) is 16.4 Å². The van der Waals surface area contributed by atoms with Crippen LogP contribution in [0.15, 0.2) is 42.5 Å². The van der Waals surface area contributed by atoms with E-state index in [-0.39, 0.29) is 5.82 Å². The Bertz CT molecular complexity index is 638. The highest BCUT2D eigenvalue weighted by Crippen LogP contribution is 2.19. The van der Waals surface area contributed by atoms with E-state index in [1.54, 1.807) is 19.1 Å². The van der Waals surface area contributed by atoms with Gasteiger partial charge in [0.1, 0.15) is 5.82 Å². The molecule has 0 spiro atoms. The van der Waals surface area contributed by atoms with Gasteiger partial charge in [0.25, 0.3) is 0 Å². The molecule has 3 nitrogen and oxygen atoms in total. The summed E-state index contributed by atoms with van der Waals surface area (Å²) in [4.78, 5) is 2.02. The van der Waals surface area contributed by atoms with Crippen LogP contribution < -0.4 is 15.5 Å². The molecule has 0 saturated carbocycles. The van der Waals surface area contributed by atoms with Crippen molar-refractivity contribution in [3.05, 3.63) is 53.8 Å². The van der Waals surface area contributed by atoms with E-state index in [1.807, 2.05) is 43.3 Å². The number of thiocarbonyl (C=S) groups is 1. The van der Waals surface area contributed by atoms with Gasteiger partial charge in [-0.1, -0.05) is 6.07 Å². The van der Waals surface area contributed by atoms with Crippen molar-refractivity contribution in [2.24, 2.45) is 0 Å². The van der Waals surface area contributed by atoms with E-state index in [1.165, 1.54) is 6.07 Å². The maximum absolute atomic E-state index is 13.5. The third-order valence-electron chi connectivity index (χ3n) is 3.16. The molecule has 110 valence electrons. The Balaban J connectivity index is 2.03. The van der Waals surface area contributed by atoms with Crippen molar-refractivity contribution < 1.29 is 4.39 Å². The van der Waals surface area contributed by atoms with Gasteiger partial charge in [0.2, 0.25) is 0 Å². The van der Waals surface area contributed by atoms with Gasteiger partial charge < -0.3 is 15.5 Å². The first-order chi connectivity index (χ1) is 9.97. The van der Waals surface area contributed by atoms with E-state index < -0.39 is 0 Å². The van der Waals surface area contributed by atoms with E-state index in [2.05, 4.69) is 10.6 Å². The first-order valence-electron chi connectivity index (χ1n) is 6.58. The molecular formula is C16H18FN3S. The molecule has 0 atom stereocenters. The van der Waals surface area contributed by atoms with Crippen LogP contribution in [0.2, 0.25) is 0 Å². The summed E-state index contributed by atoms with van der Waals surface area (Å²) in [5.41, 5.74) is 3.20. The number of hydrogen-bond donors (Lipinski definition) is 2. The number of benzene rings is 2. The predicted octanol–water partition coefficient (Wildman–Crippen LogP) is 4.01. The zero-order valence-corrected chi connectivity index (χ0v) is 13.1. The highest BCUT2D eigenvalue weighted by atomic mass is 32.1. The van der Waals surface area contributed by atoms with Crippen LogP contribution in [0.1, 0.15) is 5.56 Å². The molecule has 0 fully saturated rings. The van der Waals surface area contributed by atoms with Crippen LogP contribution >= 0.6 is 12.2 Å². The average molecular weight is 303 g/mol. The summed E-state index contributed by atoms with van der Waals surface area (Å²) < 4.78 is 13.5. The van der Waals surface area contributed by atoms with Gasteiger partial charge in [-0.3, -0.25) is 0 Å². The monoisotopic (exact) mass is 303 g/mol. The maximum atomic E-state index is 13.5. The van der Waals surface area contributed by atoms with Gasteiger partial charge in [-0.05, 0) is 55.5 Å². The molecule has 0 bridgehead atoms. The van der Waals surface area contributed by atoms with Gasteiger partial charge in [0, 0.05) is 36.7 Å². The second-order valence-electron chi connectivity index (χ2n) is 4.93. The Morgan fingerprint density at radius 2 is 1.71 bits per heavy atom. The Hall–Kier alpha value is -2.14. The summed E-state index contributed by atoms with van der Waals surface area (Å²) in [6, 6.07) is 12.8. The summed E-state index contributed by atoms with van der Waals surface area (Å²) in [6.45, 7) is 1.71. The van der Waals surface area contributed by atoms with Gasteiger partial charge in [-0.25, -0.2) is 4.39 Å². The molecule has 0 aliphatic rings. The second-order valence-corrected chi connectivity index (χ2v) is 5.34. The minimum absolute atomic E-state index is 0.252. The molecule has 2 N–H and O–H groups in total. The third-order valence-corrected chi connectivity index (χ3v) is 3.36. The largest absolute Gasteiger partial charge is 0.378 e. The van der Waals surface area contributed by atoms with Gasteiger partial charge in [-0.2, -0.15) is 0 Å². The normalized spacial score (nSPS) is 10.1. The van der Waals surface area contributed by atoms with E-state index in [0.717, 1.165) is 11.4 Å². The van der Waals surface area contributed by atoms with Crippen LogP contribution in [0.5, 0.6) is 0 Å². The lowest BCUT2D eigenvalue weighted by molar-refractivity contribution is 0.619. The fourth-order valence-electron chi connectivity index (χ4n) is 1.87. The minimum atomic E-state index is -0.252. The molecule has 21 heavy (non-hydrogen) atoms. The Labute approximate surface area is 129 Å². The molecule has 2 aromatic rings. The first kappa shape index (κ1) is 15.3.